The number of rotatable bonds is 7. The molecule has 0 saturated carbocycles. The summed E-state index contributed by atoms with van der Waals surface area (Å²) >= 11 is 8.56. The third kappa shape index (κ3) is 6.29. The highest BCUT2D eigenvalue weighted by molar-refractivity contribution is 9.10. The molecule has 148 valence electrons. The van der Waals surface area contributed by atoms with Crippen LogP contribution in [0.3, 0.4) is 0 Å². The van der Waals surface area contributed by atoms with Crippen molar-refractivity contribution in [3.05, 3.63) is 58.1 Å². The smallest absolute Gasteiger partial charge is 0.261 e. The van der Waals surface area contributed by atoms with Crippen molar-refractivity contribution in [1.82, 2.24) is 10.6 Å². The normalized spacial score (nSPS) is 10.1. The van der Waals surface area contributed by atoms with Gasteiger partial charge in [-0.15, -0.1) is 0 Å². The molecule has 0 aromatic heterocycles. The Kier molecular flexibility index (Phi) is 8.37. The highest BCUT2D eigenvalue weighted by Crippen LogP contribution is 2.23. The first-order valence-corrected chi connectivity index (χ1v) is 9.50. The molecule has 0 bridgehead atoms. The Bertz CT molecular complexity index is 859. The minimum absolute atomic E-state index is 0.125. The summed E-state index contributed by atoms with van der Waals surface area (Å²) < 4.78 is 11.3. The van der Waals surface area contributed by atoms with E-state index < -0.39 is 5.91 Å². The summed E-state index contributed by atoms with van der Waals surface area (Å²) in [5.74, 6) is -0.165. The van der Waals surface area contributed by atoms with E-state index in [9.17, 15) is 9.59 Å². The zero-order valence-electron chi connectivity index (χ0n) is 15.4. The molecule has 0 aliphatic heterocycles. The monoisotopic (exact) mass is 465 g/mol. The van der Waals surface area contributed by atoms with E-state index in [2.05, 4.69) is 31.9 Å². The zero-order valence-corrected chi connectivity index (χ0v) is 17.8. The molecule has 0 radical (unpaired) electrons. The van der Waals surface area contributed by atoms with Crippen LogP contribution in [-0.4, -0.2) is 44.3 Å². The first kappa shape index (κ1) is 21.8. The summed E-state index contributed by atoms with van der Waals surface area (Å²) in [5, 5.41) is 8.20. The lowest BCUT2D eigenvalue weighted by atomic mass is 10.2. The van der Waals surface area contributed by atoms with Crippen molar-refractivity contribution in [2.24, 2.45) is 0 Å². The minimum atomic E-state index is -0.409. The Morgan fingerprint density at radius 3 is 2.43 bits per heavy atom. The highest BCUT2D eigenvalue weighted by Gasteiger charge is 2.15. The van der Waals surface area contributed by atoms with E-state index in [-0.39, 0.29) is 11.0 Å². The van der Waals surface area contributed by atoms with Crippen LogP contribution in [0.4, 0.5) is 5.69 Å². The lowest BCUT2D eigenvalue weighted by Crippen LogP contribution is -2.34. The first-order chi connectivity index (χ1) is 13.4. The van der Waals surface area contributed by atoms with E-state index in [1.54, 1.807) is 56.6 Å². The van der Waals surface area contributed by atoms with Crippen LogP contribution in [0, 0.1) is 0 Å². The van der Waals surface area contributed by atoms with Gasteiger partial charge in [-0.3, -0.25) is 14.9 Å². The average molecular weight is 466 g/mol. The predicted octanol–water partition coefficient (Wildman–Crippen LogP) is 2.96. The van der Waals surface area contributed by atoms with Gasteiger partial charge in [0.2, 0.25) is 0 Å². The summed E-state index contributed by atoms with van der Waals surface area (Å²) in [6.45, 7) is 0.724. The molecule has 2 amide bonds. The molecular formula is C19H20BrN3O4S. The van der Waals surface area contributed by atoms with Crippen LogP contribution in [0.15, 0.2) is 46.9 Å². The molecule has 9 heteroatoms. The number of halogens is 1. The van der Waals surface area contributed by atoms with E-state index in [4.69, 9.17) is 21.7 Å². The summed E-state index contributed by atoms with van der Waals surface area (Å²) in [7, 11) is 3.14. The van der Waals surface area contributed by atoms with E-state index in [1.807, 2.05) is 0 Å². The van der Waals surface area contributed by atoms with Crippen LogP contribution in [0.1, 0.15) is 20.7 Å². The Balaban J connectivity index is 2.03. The number of methoxy groups -OCH3 is 1. The van der Waals surface area contributed by atoms with E-state index in [1.165, 1.54) is 0 Å². The first-order valence-electron chi connectivity index (χ1n) is 8.30. The van der Waals surface area contributed by atoms with Crippen LogP contribution in [0.25, 0.3) is 0 Å². The SMILES string of the molecule is CNC(=O)c1ccc(NC(=S)NC(=O)c2cc(Br)ccc2OCCOC)cc1. The Morgan fingerprint density at radius 1 is 1.07 bits per heavy atom. The van der Waals surface area contributed by atoms with Gasteiger partial charge in [0, 0.05) is 29.9 Å². The molecule has 2 aromatic carbocycles. The highest BCUT2D eigenvalue weighted by atomic mass is 79.9. The van der Waals surface area contributed by atoms with Gasteiger partial charge in [0.05, 0.1) is 12.2 Å². The summed E-state index contributed by atoms with van der Waals surface area (Å²) in [5.41, 5.74) is 1.50. The quantitative estimate of drug-likeness (QED) is 0.430. The number of ether oxygens (including phenoxy) is 2. The predicted molar refractivity (Wildman–Crippen MR) is 115 cm³/mol. The van der Waals surface area contributed by atoms with Gasteiger partial charge in [-0.05, 0) is 54.7 Å². The molecular weight excluding hydrogens is 446 g/mol. The Hall–Kier alpha value is -2.49. The van der Waals surface area contributed by atoms with Crippen LogP contribution in [0.5, 0.6) is 5.75 Å². The van der Waals surface area contributed by atoms with Crippen molar-refractivity contribution in [3.63, 3.8) is 0 Å². The summed E-state index contributed by atoms with van der Waals surface area (Å²) in [6, 6.07) is 11.8. The van der Waals surface area contributed by atoms with Gasteiger partial charge in [0.25, 0.3) is 11.8 Å². The molecule has 2 aromatic rings. The minimum Gasteiger partial charge on any atom is -0.490 e. The summed E-state index contributed by atoms with van der Waals surface area (Å²) in [4.78, 5) is 24.2. The van der Waals surface area contributed by atoms with Crippen LogP contribution >= 0.6 is 28.1 Å². The largest absolute Gasteiger partial charge is 0.490 e. The van der Waals surface area contributed by atoms with E-state index >= 15 is 0 Å². The number of carbonyl (C=O) groups excluding carboxylic acids is 2. The third-order valence-electron chi connectivity index (χ3n) is 3.59. The number of benzene rings is 2. The van der Waals surface area contributed by atoms with Gasteiger partial charge in [0.15, 0.2) is 5.11 Å². The van der Waals surface area contributed by atoms with Crippen molar-refractivity contribution in [1.29, 1.82) is 0 Å². The number of thiocarbonyl (C=S) groups is 1. The molecule has 0 unspecified atom stereocenters. The number of nitrogens with one attached hydrogen (secondary N) is 3. The standard InChI is InChI=1S/C19H20BrN3O4S/c1-21-17(24)12-3-6-14(7-4-12)22-19(28)23-18(25)15-11-13(20)5-8-16(15)27-10-9-26-2/h3-8,11H,9-10H2,1-2H3,(H,21,24)(H2,22,23,25,28). The average Bonchev–Trinajstić information content (AvgIpc) is 2.69. The number of hydrogen-bond acceptors (Lipinski definition) is 5. The molecule has 2 rings (SSSR count). The van der Waals surface area contributed by atoms with Gasteiger partial charge < -0.3 is 20.1 Å². The van der Waals surface area contributed by atoms with Gasteiger partial charge in [-0.25, -0.2) is 0 Å². The maximum atomic E-state index is 12.6. The van der Waals surface area contributed by atoms with Crippen molar-refractivity contribution in [2.45, 2.75) is 0 Å². The zero-order chi connectivity index (χ0) is 20.5. The second-order valence-electron chi connectivity index (χ2n) is 5.55. The van der Waals surface area contributed by atoms with E-state index in [0.717, 1.165) is 4.47 Å². The molecule has 0 aliphatic rings. The number of anilines is 1. The Morgan fingerprint density at radius 2 is 1.79 bits per heavy atom. The number of amides is 2. The van der Waals surface area contributed by atoms with E-state index in [0.29, 0.717) is 35.8 Å². The van der Waals surface area contributed by atoms with Gasteiger partial charge in [0.1, 0.15) is 12.4 Å². The topological polar surface area (TPSA) is 88.7 Å². The van der Waals surface area contributed by atoms with Crippen molar-refractivity contribution >= 4 is 50.8 Å². The maximum Gasteiger partial charge on any atom is 0.261 e. The fourth-order valence-electron chi connectivity index (χ4n) is 2.22. The lowest BCUT2D eigenvalue weighted by Gasteiger charge is -2.13. The lowest BCUT2D eigenvalue weighted by molar-refractivity contribution is 0.0957. The fraction of sp³-hybridized carbons (Fsp3) is 0.211. The van der Waals surface area contributed by atoms with Crippen LogP contribution in [-0.2, 0) is 4.74 Å². The molecule has 0 atom stereocenters. The molecule has 0 saturated heterocycles. The number of carbonyl (C=O) groups is 2. The molecule has 0 fully saturated rings. The molecule has 7 nitrogen and oxygen atoms in total. The second-order valence-corrected chi connectivity index (χ2v) is 6.87. The molecule has 0 spiro atoms. The molecule has 28 heavy (non-hydrogen) atoms. The fourth-order valence-corrected chi connectivity index (χ4v) is 2.79. The molecule has 0 aliphatic carbocycles. The third-order valence-corrected chi connectivity index (χ3v) is 4.29. The van der Waals surface area contributed by atoms with Crippen molar-refractivity contribution < 1.29 is 19.1 Å². The molecule has 0 heterocycles. The van der Waals surface area contributed by atoms with Crippen molar-refractivity contribution in [2.75, 3.05) is 32.7 Å². The van der Waals surface area contributed by atoms with Gasteiger partial charge >= 0.3 is 0 Å². The summed E-state index contributed by atoms with van der Waals surface area (Å²) in [6.07, 6.45) is 0. The number of hydrogen-bond donors (Lipinski definition) is 3. The maximum absolute atomic E-state index is 12.6. The van der Waals surface area contributed by atoms with Crippen LogP contribution < -0.4 is 20.7 Å². The van der Waals surface area contributed by atoms with Crippen LogP contribution in [0.2, 0.25) is 0 Å². The van der Waals surface area contributed by atoms with Gasteiger partial charge in [-0.2, -0.15) is 0 Å². The van der Waals surface area contributed by atoms with Gasteiger partial charge in [-0.1, -0.05) is 15.9 Å². The Labute approximate surface area is 176 Å². The second kappa shape index (κ2) is 10.7. The van der Waals surface area contributed by atoms with Crippen molar-refractivity contribution in [3.8, 4) is 5.75 Å². The molecule has 3 N–H and O–H groups in total.